The number of carbonyl (C=O) groups excluding carboxylic acids is 3. The van der Waals surface area contributed by atoms with E-state index in [1.165, 1.54) is 0 Å². The van der Waals surface area contributed by atoms with Crippen LogP contribution in [0, 0.1) is 31.6 Å². The normalized spacial score (nSPS) is 27.6. The molecule has 7 nitrogen and oxygen atoms in total. The second-order valence-electron chi connectivity index (χ2n) is 11.9. The monoisotopic (exact) mass is 567 g/mol. The van der Waals surface area contributed by atoms with Gasteiger partial charge in [0.25, 0.3) is 5.91 Å². The van der Waals surface area contributed by atoms with E-state index in [1.54, 1.807) is 33.7 Å². The largest absolute Gasteiger partial charge is 0.394 e. The number of likely N-dealkylation sites (tertiary alicyclic amines) is 1. The van der Waals surface area contributed by atoms with Crippen LogP contribution in [0.2, 0.25) is 0 Å². The zero-order valence-corrected chi connectivity index (χ0v) is 25.5. The van der Waals surface area contributed by atoms with Crippen LogP contribution in [0.1, 0.15) is 51.2 Å². The van der Waals surface area contributed by atoms with E-state index in [-0.39, 0.29) is 35.5 Å². The van der Waals surface area contributed by atoms with Gasteiger partial charge in [0.1, 0.15) is 6.04 Å². The summed E-state index contributed by atoms with van der Waals surface area (Å²) in [6.45, 7) is 18.8. The number of benzene rings is 1. The van der Waals surface area contributed by atoms with Crippen molar-refractivity contribution in [1.82, 2.24) is 9.80 Å². The zero-order valence-electron chi connectivity index (χ0n) is 24.6. The molecule has 8 heteroatoms. The minimum atomic E-state index is -0.781. The summed E-state index contributed by atoms with van der Waals surface area (Å²) in [4.78, 5) is 48.6. The molecule has 6 atom stereocenters. The summed E-state index contributed by atoms with van der Waals surface area (Å²) in [5.41, 5.74) is 2.80. The molecule has 3 amide bonds. The number of aryl methyl sites for hydroxylation is 2. The second kappa shape index (κ2) is 12.1. The Kier molecular flexibility index (Phi) is 9.20. The third-order valence-electron chi connectivity index (χ3n) is 8.96. The molecule has 2 bridgehead atoms. The van der Waals surface area contributed by atoms with E-state index >= 15 is 0 Å². The Morgan fingerprint density at radius 1 is 1.20 bits per heavy atom. The molecule has 1 spiro atoms. The first-order valence-electron chi connectivity index (χ1n) is 14.6. The Labute approximate surface area is 243 Å². The molecule has 1 aromatic carbocycles. The standard InChI is InChI=1S/C32H45N3O4S/c1-8-15-33(16-9-2)29(37)26-25-13-14-32(40-25)27(26)30(38)35(24(19-36)20(4)5)28(32)31(39)34(17-10-3)23-18-21(6)11-12-22(23)7/h8,10-12,18,20,24-28,36H,1,3,9,13-17,19H2,2,4-7H3/t24-,25-,26+,27-,28?,32?/m0/s1. The van der Waals surface area contributed by atoms with Gasteiger partial charge in [-0.2, -0.15) is 0 Å². The van der Waals surface area contributed by atoms with E-state index < -0.39 is 28.7 Å². The van der Waals surface area contributed by atoms with E-state index in [2.05, 4.69) is 13.2 Å². The molecular formula is C32H45N3O4S. The lowest BCUT2D eigenvalue weighted by Crippen LogP contribution is -2.58. The quantitative estimate of drug-likeness (QED) is 0.380. The molecule has 4 rings (SSSR count). The molecule has 0 saturated carbocycles. The third kappa shape index (κ3) is 4.91. The summed E-state index contributed by atoms with van der Waals surface area (Å²) in [5, 5.41) is 10.5. The molecular weight excluding hydrogens is 522 g/mol. The fourth-order valence-corrected chi connectivity index (χ4v) is 9.34. The average Bonchev–Trinajstić information content (AvgIpc) is 3.56. The fourth-order valence-electron chi connectivity index (χ4n) is 7.15. The molecule has 3 heterocycles. The van der Waals surface area contributed by atoms with Crippen LogP contribution in [0.4, 0.5) is 5.69 Å². The van der Waals surface area contributed by atoms with E-state index in [1.807, 2.05) is 57.7 Å². The number of fused-ring (bicyclic) bond motifs is 1. The number of thioether (sulfide) groups is 1. The smallest absolute Gasteiger partial charge is 0.251 e. The average molecular weight is 568 g/mol. The first kappa shape index (κ1) is 30.4. The van der Waals surface area contributed by atoms with Crippen LogP contribution in [0.5, 0.6) is 0 Å². The van der Waals surface area contributed by atoms with Crippen molar-refractivity contribution in [2.75, 3.05) is 31.1 Å². The minimum absolute atomic E-state index is 0.0109. The van der Waals surface area contributed by atoms with Crippen LogP contribution in [-0.4, -0.2) is 80.9 Å². The molecule has 3 aliphatic rings. The van der Waals surface area contributed by atoms with Crippen LogP contribution < -0.4 is 4.90 Å². The van der Waals surface area contributed by atoms with E-state index in [0.717, 1.165) is 29.7 Å². The zero-order chi connectivity index (χ0) is 29.4. The van der Waals surface area contributed by atoms with Crippen LogP contribution in [-0.2, 0) is 14.4 Å². The van der Waals surface area contributed by atoms with Gasteiger partial charge in [0.05, 0.1) is 29.2 Å². The van der Waals surface area contributed by atoms with E-state index in [9.17, 15) is 19.5 Å². The highest BCUT2D eigenvalue weighted by molar-refractivity contribution is 8.02. The number of amides is 3. The number of hydrogen-bond donors (Lipinski definition) is 1. The number of anilines is 1. The highest BCUT2D eigenvalue weighted by Crippen LogP contribution is 2.67. The van der Waals surface area contributed by atoms with Crippen molar-refractivity contribution in [3.8, 4) is 0 Å². The predicted molar refractivity (Wildman–Crippen MR) is 162 cm³/mol. The Balaban J connectivity index is 1.85. The molecule has 40 heavy (non-hydrogen) atoms. The van der Waals surface area contributed by atoms with Crippen molar-refractivity contribution in [3.63, 3.8) is 0 Å². The van der Waals surface area contributed by atoms with Gasteiger partial charge in [-0.25, -0.2) is 0 Å². The summed E-state index contributed by atoms with van der Waals surface area (Å²) in [7, 11) is 0. The highest BCUT2D eigenvalue weighted by Gasteiger charge is 2.74. The van der Waals surface area contributed by atoms with Crippen molar-refractivity contribution in [2.45, 2.75) is 76.0 Å². The van der Waals surface area contributed by atoms with Crippen molar-refractivity contribution in [1.29, 1.82) is 0 Å². The summed E-state index contributed by atoms with van der Waals surface area (Å²) in [6, 6.07) is 4.72. The molecule has 1 N–H and O–H groups in total. The van der Waals surface area contributed by atoms with Gasteiger partial charge in [-0.15, -0.1) is 24.9 Å². The van der Waals surface area contributed by atoms with E-state index in [4.69, 9.17) is 0 Å². The molecule has 0 aliphatic carbocycles. The number of carbonyl (C=O) groups is 3. The second-order valence-corrected chi connectivity index (χ2v) is 13.5. The van der Waals surface area contributed by atoms with Gasteiger partial charge in [0, 0.05) is 30.6 Å². The Morgan fingerprint density at radius 3 is 2.50 bits per heavy atom. The maximum absolute atomic E-state index is 14.8. The Hall–Kier alpha value is -2.58. The molecule has 3 fully saturated rings. The predicted octanol–water partition coefficient (Wildman–Crippen LogP) is 4.36. The van der Waals surface area contributed by atoms with Crippen molar-refractivity contribution >= 4 is 35.2 Å². The topological polar surface area (TPSA) is 81.2 Å². The number of aliphatic hydroxyl groups excluding tert-OH is 1. The van der Waals surface area contributed by atoms with Gasteiger partial charge in [-0.05, 0) is 56.2 Å². The Morgan fingerprint density at radius 2 is 1.90 bits per heavy atom. The van der Waals surface area contributed by atoms with Gasteiger partial charge in [-0.1, -0.05) is 45.1 Å². The number of rotatable bonds is 12. The van der Waals surface area contributed by atoms with Gasteiger partial charge in [-0.3, -0.25) is 14.4 Å². The molecule has 0 radical (unpaired) electrons. The molecule has 2 unspecified atom stereocenters. The van der Waals surface area contributed by atoms with Crippen LogP contribution in [0.3, 0.4) is 0 Å². The first-order valence-corrected chi connectivity index (χ1v) is 15.5. The summed E-state index contributed by atoms with van der Waals surface area (Å²) in [6.07, 6.45) is 5.73. The third-order valence-corrected chi connectivity index (χ3v) is 10.9. The lowest BCUT2D eigenvalue weighted by molar-refractivity contribution is -0.146. The molecule has 1 aromatic rings. The lowest BCUT2D eigenvalue weighted by atomic mass is 9.70. The lowest BCUT2D eigenvalue weighted by Gasteiger charge is -2.41. The fraction of sp³-hybridized carbons (Fsp3) is 0.594. The van der Waals surface area contributed by atoms with Gasteiger partial charge >= 0.3 is 0 Å². The molecule has 218 valence electrons. The van der Waals surface area contributed by atoms with Crippen molar-refractivity contribution in [2.24, 2.45) is 17.8 Å². The van der Waals surface area contributed by atoms with Gasteiger partial charge in [0.2, 0.25) is 11.8 Å². The van der Waals surface area contributed by atoms with Crippen LogP contribution in [0.25, 0.3) is 0 Å². The highest BCUT2D eigenvalue weighted by atomic mass is 32.2. The van der Waals surface area contributed by atoms with Gasteiger partial charge < -0.3 is 19.8 Å². The number of hydrogen-bond acceptors (Lipinski definition) is 5. The van der Waals surface area contributed by atoms with Crippen molar-refractivity contribution < 1.29 is 19.5 Å². The molecule has 0 aromatic heterocycles. The van der Waals surface area contributed by atoms with Crippen molar-refractivity contribution in [3.05, 3.63) is 54.6 Å². The first-order chi connectivity index (χ1) is 19.1. The summed E-state index contributed by atoms with van der Waals surface area (Å²) < 4.78 is -0.718. The van der Waals surface area contributed by atoms with Crippen LogP contribution in [0.15, 0.2) is 43.5 Å². The van der Waals surface area contributed by atoms with Crippen LogP contribution >= 0.6 is 11.8 Å². The number of aliphatic hydroxyl groups is 1. The Bertz CT molecular complexity index is 1170. The minimum Gasteiger partial charge on any atom is -0.394 e. The summed E-state index contributed by atoms with van der Waals surface area (Å²) in [5.74, 6) is -1.51. The summed E-state index contributed by atoms with van der Waals surface area (Å²) >= 11 is 1.67. The maximum atomic E-state index is 14.8. The molecule has 3 saturated heterocycles. The number of nitrogens with zero attached hydrogens (tertiary/aromatic N) is 3. The van der Waals surface area contributed by atoms with Gasteiger partial charge in [0.15, 0.2) is 0 Å². The maximum Gasteiger partial charge on any atom is 0.251 e. The molecule has 3 aliphatic heterocycles. The van der Waals surface area contributed by atoms with E-state index in [0.29, 0.717) is 26.1 Å². The SMILES string of the molecule is C=CCN(CCC)C(=O)[C@@H]1[C@@H]2CCC3(S2)C(C(=O)N(CC=C)c2cc(C)ccc2C)N([C@@H](CO)C(C)C)C(=O)[C@H]13.